The van der Waals surface area contributed by atoms with E-state index in [4.69, 9.17) is 23.2 Å². The number of rotatable bonds is 3. The Labute approximate surface area is 191 Å². The molecule has 158 valence electrons. The molecule has 3 aromatic heterocycles. The number of amides is 1. The first-order valence-electron chi connectivity index (χ1n) is 9.65. The number of nitrogens with one attached hydrogen (secondary N) is 1. The van der Waals surface area contributed by atoms with Gasteiger partial charge in [0.15, 0.2) is 5.65 Å². The summed E-state index contributed by atoms with van der Waals surface area (Å²) in [4.78, 5) is 30.0. The lowest BCUT2D eigenvalue weighted by atomic mass is 10.1. The maximum absolute atomic E-state index is 13.0. The fourth-order valence-electron chi connectivity index (χ4n) is 3.59. The van der Waals surface area contributed by atoms with Gasteiger partial charge >= 0.3 is 0 Å². The van der Waals surface area contributed by atoms with E-state index < -0.39 is 11.5 Å². The Bertz CT molecular complexity index is 1550. The molecule has 0 saturated carbocycles. The number of benzene rings is 2. The average molecular weight is 464 g/mol. The summed E-state index contributed by atoms with van der Waals surface area (Å²) < 4.78 is 2.77. The SMILES string of the molecule is Cc1nn2c(ncc3c(=O)n(NC(=O)c4ccc(Cl)cc4)ccc32)c1-c1ccc(Cl)cc1. The van der Waals surface area contributed by atoms with Crippen LogP contribution in [0.3, 0.4) is 0 Å². The maximum Gasteiger partial charge on any atom is 0.280 e. The third kappa shape index (κ3) is 3.41. The van der Waals surface area contributed by atoms with Gasteiger partial charge in [-0.25, -0.2) is 14.2 Å². The van der Waals surface area contributed by atoms with Gasteiger partial charge in [-0.3, -0.25) is 15.0 Å². The lowest BCUT2D eigenvalue weighted by Gasteiger charge is -2.10. The van der Waals surface area contributed by atoms with Gasteiger partial charge in [-0.15, -0.1) is 0 Å². The molecule has 0 bridgehead atoms. The Morgan fingerprint density at radius 3 is 2.31 bits per heavy atom. The van der Waals surface area contributed by atoms with Gasteiger partial charge < -0.3 is 0 Å². The van der Waals surface area contributed by atoms with Crippen molar-refractivity contribution >= 4 is 45.7 Å². The molecule has 1 N–H and O–H groups in total. The summed E-state index contributed by atoms with van der Waals surface area (Å²) in [5, 5.41) is 6.08. The van der Waals surface area contributed by atoms with E-state index in [-0.39, 0.29) is 0 Å². The molecule has 3 heterocycles. The van der Waals surface area contributed by atoms with Crippen LogP contribution in [0.2, 0.25) is 10.0 Å². The smallest absolute Gasteiger partial charge is 0.267 e. The van der Waals surface area contributed by atoms with Crippen LogP contribution in [0.4, 0.5) is 0 Å². The summed E-state index contributed by atoms with van der Waals surface area (Å²) in [6, 6.07) is 15.5. The Kier molecular flexibility index (Phi) is 4.92. The fraction of sp³-hybridized carbons (Fsp3) is 0.0435. The molecule has 5 rings (SSSR count). The highest BCUT2D eigenvalue weighted by Gasteiger charge is 2.17. The van der Waals surface area contributed by atoms with Crippen molar-refractivity contribution in [3.63, 3.8) is 0 Å². The van der Waals surface area contributed by atoms with Crippen molar-refractivity contribution < 1.29 is 4.79 Å². The molecule has 0 aliphatic rings. The summed E-state index contributed by atoms with van der Waals surface area (Å²) >= 11 is 11.9. The van der Waals surface area contributed by atoms with E-state index in [1.165, 1.54) is 12.4 Å². The molecule has 32 heavy (non-hydrogen) atoms. The number of pyridine rings is 1. The molecular weight excluding hydrogens is 449 g/mol. The molecule has 1 amide bonds. The summed E-state index contributed by atoms with van der Waals surface area (Å²) in [5.74, 6) is -0.433. The monoisotopic (exact) mass is 463 g/mol. The molecule has 5 aromatic rings. The normalized spacial score (nSPS) is 11.2. The minimum absolute atomic E-state index is 0.321. The predicted octanol–water partition coefficient (Wildman–Crippen LogP) is 4.71. The van der Waals surface area contributed by atoms with E-state index >= 15 is 0 Å². The van der Waals surface area contributed by atoms with Gasteiger partial charge in [0, 0.05) is 33.6 Å². The molecule has 2 aromatic carbocycles. The topological polar surface area (TPSA) is 81.3 Å². The summed E-state index contributed by atoms with van der Waals surface area (Å²) in [7, 11) is 0. The van der Waals surface area contributed by atoms with Crippen molar-refractivity contribution in [2.24, 2.45) is 0 Å². The summed E-state index contributed by atoms with van der Waals surface area (Å²) in [6.45, 7) is 1.89. The predicted molar refractivity (Wildman–Crippen MR) is 125 cm³/mol. The van der Waals surface area contributed by atoms with Gasteiger partial charge in [0.2, 0.25) is 0 Å². The number of halogens is 2. The first kappa shape index (κ1) is 20.2. The van der Waals surface area contributed by atoms with Crippen molar-refractivity contribution in [1.82, 2.24) is 19.3 Å². The second kappa shape index (κ2) is 7.78. The number of hydrogen-bond acceptors (Lipinski definition) is 4. The van der Waals surface area contributed by atoms with E-state index in [1.807, 2.05) is 31.2 Å². The highest BCUT2D eigenvalue weighted by molar-refractivity contribution is 6.31. The van der Waals surface area contributed by atoms with Crippen LogP contribution < -0.4 is 11.0 Å². The van der Waals surface area contributed by atoms with Gasteiger partial charge in [-0.2, -0.15) is 5.10 Å². The number of aromatic nitrogens is 4. The molecule has 0 aliphatic heterocycles. The van der Waals surface area contributed by atoms with E-state index in [0.717, 1.165) is 21.5 Å². The first-order chi connectivity index (χ1) is 15.4. The van der Waals surface area contributed by atoms with Crippen LogP contribution in [-0.2, 0) is 0 Å². The number of aryl methyl sites for hydroxylation is 1. The van der Waals surface area contributed by atoms with Crippen LogP contribution in [0.25, 0.3) is 27.7 Å². The lowest BCUT2D eigenvalue weighted by Crippen LogP contribution is -2.32. The van der Waals surface area contributed by atoms with Crippen LogP contribution in [0.15, 0.2) is 71.8 Å². The molecule has 0 unspecified atom stereocenters. The lowest BCUT2D eigenvalue weighted by molar-refractivity contribution is 0.101. The van der Waals surface area contributed by atoms with Crippen molar-refractivity contribution in [2.75, 3.05) is 5.43 Å². The van der Waals surface area contributed by atoms with Gasteiger partial charge in [0.25, 0.3) is 11.5 Å². The number of carbonyl (C=O) groups is 1. The highest BCUT2D eigenvalue weighted by atomic mass is 35.5. The standard InChI is InChI=1S/C23H15Cl2N5O2/c1-13-20(14-2-6-16(24)7-3-14)21-26-12-18-19(30(21)27-13)10-11-29(23(18)32)28-22(31)15-4-8-17(25)9-5-15/h2-12H,1H3,(H,28,31). The second-order valence-electron chi connectivity index (χ2n) is 7.20. The van der Waals surface area contributed by atoms with Gasteiger partial charge in [0.05, 0.1) is 16.6 Å². The van der Waals surface area contributed by atoms with Crippen LogP contribution in [0.5, 0.6) is 0 Å². The quantitative estimate of drug-likeness (QED) is 0.420. The molecule has 0 spiro atoms. The van der Waals surface area contributed by atoms with E-state index in [0.29, 0.717) is 32.2 Å². The van der Waals surface area contributed by atoms with Crippen LogP contribution in [-0.4, -0.2) is 25.2 Å². The Morgan fingerprint density at radius 2 is 1.62 bits per heavy atom. The van der Waals surface area contributed by atoms with Crippen LogP contribution in [0.1, 0.15) is 16.1 Å². The minimum Gasteiger partial charge on any atom is -0.267 e. The van der Waals surface area contributed by atoms with E-state index in [2.05, 4.69) is 15.5 Å². The molecule has 9 heteroatoms. The van der Waals surface area contributed by atoms with Crippen molar-refractivity contribution in [2.45, 2.75) is 6.92 Å². The minimum atomic E-state index is -0.433. The van der Waals surface area contributed by atoms with Crippen molar-refractivity contribution in [3.8, 4) is 11.1 Å². The maximum atomic E-state index is 13.0. The summed E-state index contributed by atoms with van der Waals surface area (Å²) in [6.07, 6.45) is 3.00. The zero-order valence-corrected chi connectivity index (χ0v) is 18.2. The fourth-order valence-corrected chi connectivity index (χ4v) is 3.85. The van der Waals surface area contributed by atoms with E-state index in [9.17, 15) is 9.59 Å². The number of nitrogens with zero attached hydrogens (tertiary/aromatic N) is 4. The Balaban J connectivity index is 1.59. The van der Waals surface area contributed by atoms with E-state index in [1.54, 1.807) is 34.8 Å². The molecule has 0 fully saturated rings. The number of carbonyl (C=O) groups excluding carboxylic acids is 1. The van der Waals surface area contributed by atoms with Crippen LogP contribution >= 0.6 is 23.2 Å². The second-order valence-corrected chi connectivity index (χ2v) is 8.07. The third-order valence-electron chi connectivity index (χ3n) is 5.15. The average Bonchev–Trinajstić information content (AvgIpc) is 3.13. The van der Waals surface area contributed by atoms with Crippen LogP contribution in [0, 0.1) is 6.92 Å². The molecule has 0 aliphatic carbocycles. The van der Waals surface area contributed by atoms with Gasteiger partial charge in [-0.05, 0) is 55.0 Å². The molecule has 7 nitrogen and oxygen atoms in total. The molecule has 0 saturated heterocycles. The number of fused-ring (bicyclic) bond motifs is 3. The Hall–Kier alpha value is -3.68. The highest BCUT2D eigenvalue weighted by Crippen LogP contribution is 2.29. The third-order valence-corrected chi connectivity index (χ3v) is 5.65. The summed E-state index contributed by atoms with van der Waals surface area (Å²) in [5.41, 5.74) is 6.32. The van der Waals surface area contributed by atoms with Gasteiger partial charge in [-0.1, -0.05) is 35.3 Å². The first-order valence-corrected chi connectivity index (χ1v) is 10.4. The largest absolute Gasteiger partial charge is 0.280 e. The van der Waals surface area contributed by atoms with Crippen molar-refractivity contribution in [3.05, 3.63) is 98.6 Å². The zero-order valence-electron chi connectivity index (χ0n) is 16.7. The molecular formula is C23H15Cl2N5O2. The zero-order chi connectivity index (χ0) is 22.4. The molecule has 0 atom stereocenters. The van der Waals surface area contributed by atoms with Crippen molar-refractivity contribution in [1.29, 1.82) is 0 Å². The number of hydrogen-bond donors (Lipinski definition) is 1. The molecule has 0 radical (unpaired) electrons. The van der Waals surface area contributed by atoms with Gasteiger partial charge in [0.1, 0.15) is 0 Å². The Morgan fingerprint density at radius 1 is 0.969 bits per heavy atom.